The van der Waals surface area contributed by atoms with Crippen molar-refractivity contribution in [3.63, 3.8) is 0 Å². The third kappa shape index (κ3) is 5.29. The van der Waals surface area contributed by atoms with Crippen molar-refractivity contribution in [2.45, 2.75) is 60.1 Å². The first kappa shape index (κ1) is 16.6. The van der Waals surface area contributed by atoms with Gasteiger partial charge in [0.05, 0.1) is 6.10 Å². The fraction of sp³-hybridized carbons (Fsp3) is 0.769. The summed E-state index contributed by atoms with van der Waals surface area (Å²) in [5.74, 6) is -1.40. The number of nitrogens with one attached hydrogen (secondary N) is 1. The number of amides is 1. The normalized spacial score (nSPS) is 13.1. The molecular weight excluding hydrogens is 234 g/mol. The summed E-state index contributed by atoms with van der Waals surface area (Å²) in [6.07, 6.45) is -0.154. The van der Waals surface area contributed by atoms with Crippen molar-refractivity contribution in [3.05, 3.63) is 0 Å². The maximum atomic E-state index is 11.8. The Morgan fingerprint density at radius 2 is 1.67 bits per heavy atom. The number of rotatable bonds is 5. The van der Waals surface area contributed by atoms with Crippen LogP contribution in [0.3, 0.4) is 0 Å². The van der Waals surface area contributed by atoms with Crippen LogP contribution in [0.25, 0.3) is 0 Å². The maximum absolute atomic E-state index is 11.8. The topological polar surface area (TPSA) is 72.5 Å². The summed E-state index contributed by atoms with van der Waals surface area (Å²) >= 11 is 0. The van der Waals surface area contributed by atoms with E-state index in [2.05, 4.69) is 5.32 Å². The molecule has 5 nitrogen and oxygen atoms in total. The third-order valence-electron chi connectivity index (χ3n) is 2.21. The van der Waals surface area contributed by atoms with Crippen molar-refractivity contribution in [3.8, 4) is 0 Å². The van der Waals surface area contributed by atoms with Crippen LogP contribution < -0.4 is 5.32 Å². The van der Waals surface area contributed by atoms with E-state index in [9.17, 15) is 14.4 Å². The fourth-order valence-corrected chi connectivity index (χ4v) is 1.12. The van der Waals surface area contributed by atoms with Gasteiger partial charge in [-0.3, -0.25) is 9.59 Å². The average molecular weight is 257 g/mol. The number of ketones is 1. The standard InChI is InChI=1S/C13H23NO4/c1-7-9(15)10(11(16)18-8(2)3)14-12(17)13(4,5)6/h8,10H,7H2,1-6H3,(H,14,17). The second kappa shape index (κ2) is 6.52. The van der Waals surface area contributed by atoms with Gasteiger partial charge in [0.25, 0.3) is 0 Å². The van der Waals surface area contributed by atoms with Crippen molar-refractivity contribution in [2.24, 2.45) is 5.41 Å². The lowest BCUT2D eigenvalue weighted by molar-refractivity contribution is -0.154. The first-order valence-electron chi connectivity index (χ1n) is 6.13. The van der Waals surface area contributed by atoms with E-state index in [-0.39, 0.29) is 24.2 Å². The van der Waals surface area contributed by atoms with Crippen LogP contribution in [0.4, 0.5) is 0 Å². The third-order valence-corrected chi connectivity index (χ3v) is 2.21. The highest BCUT2D eigenvalue weighted by molar-refractivity contribution is 6.06. The summed E-state index contributed by atoms with van der Waals surface area (Å²) in [6.45, 7) is 10.2. The van der Waals surface area contributed by atoms with E-state index in [1.54, 1.807) is 41.5 Å². The van der Waals surface area contributed by atoms with Gasteiger partial charge in [0.1, 0.15) is 0 Å². The van der Waals surface area contributed by atoms with Crippen molar-refractivity contribution >= 4 is 17.7 Å². The number of hydrogen-bond donors (Lipinski definition) is 1. The van der Waals surface area contributed by atoms with E-state index in [1.807, 2.05) is 0 Å². The average Bonchev–Trinajstić information content (AvgIpc) is 2.21. The Hall–Kier alpha value is -1.39. The highest BCUT2D eigenvalue weighted by atomic mass is 16.5. The molecule has 0 saturated carbocycles. The zero-order valence-electron chi connectivity index (χ0n) is 12.0. The molecule has 0 aromatic carbocycles. The number of ether oxygens (including phenoxy) is 1. The molecule has 0 aliphatic rings. The zero-order chi connectivity index (χ0) is 14.5. The van der Waals surface area contributed by atoms with Gasteiger partial charge in [0, 0.05) is 11.8 Å². The van der Waals surface area contributed by atoms with Crippen LogP contribution in [-0.4, -0.2) is 29.8 Å². The molecular formula is C13H23NO4. The highest BCUT2D eigenvalue weighted by Crippen LogP contribution is 2.13. The van der Waals surface area contributed by atoms with E-state index in [0.717, 1.165) is 0 Å². The van der Waals surface area contributed by atoms with Crippen LogP contribution in [0.15, 0.2) is 0 Å². The molecule has 0 radical (unpaired) electrons. The van der Waals surface area contributed by atoms with E-state index in [0.29, 0.717) is 0 Å². The molecule has 0 rings (SSSR count). The van der Waals surface area contributed by atoms with Crippen LogP contribution in [0.1, 0.15) is 48.0 Å². The molecule has 0 aromatic rings. The molecule has 18 heavy (non-hydrogen) atoms. The van der Waals surface area contributed by atoms with Gasteiger partial charge in [-0.1, -0.05) is 27.7 Å². The van der Waals surface area contributed by atoms with Crippen LogP contribution in [0.2, 0.25) is 0 Å². The van der Waals surface area contributed by atoms with Crippen LogP contribution >= 0.6 is 0 Å². The summed E-state index contributed by atoms with van der Waals surface area (Å²) in [5.41, 5.74) is -0.662. The van der Waals surface area contributed by atoms with Gasteiger partial charge in [-0.25, -0.2) is 4.79 Å². The van der Waals surface area contributed by atoms with Crippen molar-refractivity contribution in [1.82, 2.24) is 5.32 Å². The van der Waals surface area contributed by atoms with E-state index in [1.165, 1.54) is 0 Å². The predicted octanol–water partition coefficient (Wildman–Crippen LogP) is 1.45. The molecule has 0 aromatic heterocycles. The van der Waals surface area contributed by atoms with Crippen molar-refractivity contribution in [1.29, 1.82) is 0 Å². The molecule has 5 heteroatoms. The molecule has 0 bridgehead atoms. The minimum absolute atomic E-state index is 0.169. The number of carbonyl (C=O) groups is 3. The lowest BCUT2D eigenvalue weighted by Crippen LogP contribution is -2.50. The van der Waals surface area contributed by atoms with Crippen molar-refractivity contribution < 1.29 is 19.1 Å². The molecule has 0 aliphatic heterocycles. The van der Waals surface area contributed by atoms with Crippen LogP contribution in [0, 0.1) is 5.41 Å². The maximum Gasteiger partial charge on any atom is 0.336 e. The Morgan fingerprint density at radius 1 is 1.17 bits per heavy atom. The van der Waals surface area contributed by atoms with Crippen LogP contribution in [0.5, 0.6) is 0 Å². The van der Waals surface area contributed by atoms with E-state index < -0.39 is 17.4 Å². The monoisotopic (exact) mass is 257 g/mol. The summed E-state index contributed by atoms with van der Waals surface area (Å²) in [7, 11) is 0. The van der Waals surface area contributed by atoms with Crippen molar-refractivity contribution in [2.75, 3.05) is 0 Å². The Morgan fingerprint density at radius 3 is 2.00 bits per heavy atom. The lowest BCUT2D eigenvalue weighted by atomic mass is 9.95. The van der Waals surface area contributed by atoms with E-state index in [4.69, 9.17) is 4.74 Å². The van der Waals surface area contributed by atoms with Gasteiger partial charge in [0.15, 0.2) is 11.8 Å². The smallest absolute Gasteiger partial charge is 0.336 e. The number of hydrogen-bond acceptors (Lipinski definition) is 4. The molecule has 1 atom stereocenters. The zero-order valence-corrected chi connectivity index (χ0v) is 12.0. The predicted molar refractivity (Wildman–Crippen MR) is 67.9 cm³/mol. The summed E-state index contributed by atoms with van der Waals surface area (Å²) in [5, 5.41) is 2.45. The minimum atomic E-state index is -1.20. The molecule has 0 heterocycles. The molecule has 0 aliphatic carbocycles. The largest absolute Gasteiger partial charge is 0.461 e. The first-order valence-corrected chi connectivity index (χ1v) is 6.13. The molecule has 1 amide bonds. The summed E-state index contributed by atoms with van der Waals surface area (Å²) < 4.78 is 4.97. The molecule has 104 valence electrons. The lowest BCUT2D eigenvalue weighted by Gasteiger charge is -2.23. The second-order valence-corrected chi connectivity index (χ2v) is 5.46. The first-order chi connectivity index (χ1) is 8.09. The van der Waals surface area contributed by atoms with E-state index >= 15 is 0 Å². The Balaban J connectivity index is 4.86. The quantitative estimate of drug-likeness (QED) is 0.597. The Kier molecular flexibility index (Phi) is 6.01. The number of Topliss-reactive ketones (excluding diaryl/α,β-unsaturated/α-hetero) is 1. The van der Waals surface area contributed by atoms with Gasteiger partial charge >= 0.3 is 5.97 Å². The molecule has 0 fully saturated rings. The van der Waals surface area contributed by atoms with Gasteiger partial charge in [0.2, 0.25) is 5.91 Å². The second-order valence-electron chi connectivity index (χ2n) is 5.46. The SMILES string of the molecule is CCC(=O)C(NC(=O)C(C)(C)C)C(=O)OC(C)C. The van der Waals surface area contributed by atoms with Gasteiger partial charge in [-0.05, 0) is 13.8 Å². The van der Waals surface area contributed by atoms with Gasteiger partial charge in [-0.15, -0.1) is 0 Å². The number of esters is 1. The van der Waals surface area contributed by atoms with Crippen LogP contribution in [-0.2, 0) is 19.1 Å². The molecule has 0 saturated heterocycles. The molecule has 0 spiro atoms. The minimum Gasteiger partial charge on any atom is -0.461 e. The molecule has 1 unspecified atom stereocenters. The summed E-state index contributed by atoms with van der Waals surface area (Å²) in [6, 6.07) is -1.20. The van der Waals surface area contributed by atoms with Gasteiger partial charge < -0.3 is 10.1 Å². The summed E-state index contributed by atoms with van der Waals surface area (Å²) in [4.78, 5) is 35.3. The molecule has 1 N–H and O–H groups in total. The Labute approximate surface area is 108 Å². The fourth-order valence-electron chi connectivity index (χ4n) is 1.12. The number of carbonyl (C=O) groups excluding carboxylic acids is 3. The van der Waals surface area contributed by atoms with Gasteiger partial charge in [-0.2, -0.15) is 0 Å². The highest BCUT2D eigenvalue weighted by Gasteiger charge is 2.32. The Bertz CT molecular complexity index is 328.